The van der Waals surface area contributed by atoms with Crippen LogP contribution in [0.2, 0.25) is 0 Å². The minimum Gasteiger partial charge on any atom is -0.380 e. The summed E-state index contributed by atoms with van der Waals surface area (Å²) in [5.41, 5.74) is 1.51. The van der Waals surface area contributed by atoms with E-state index < -0.39 is 10.8 Å². The molecule has 9 heteroatoms. The third-order valence-corrected chi connectivity index (χ3v) is 4.55. The van der Waals surface area contributed by atoms with Gasteiger partial charge in [0.15, 0.2) is 0 Å². The molecule has 0 radical (unpaired) electrons. The Labute approximate surface area is 159 Å². The van der Waals surface area contributed by atoms with Crippen molar-refractivity contribution in [1.29, 1.82) is 0 Å². The van der Waals surface area contributed by atoms with Gasteiger partial charge >= 0.3 is 0 Å². The Kier molecular flexibility index (Phi) is 5.72. The van der Waals surface area contributed by atoms with E-state index in [2.05, 4.69) is 20.8 Å². The van der Waals surface area contributed by atoms with Crippen molar-refractivity contribution in [1.82, 2.24) is 10.2 Å². The lowest BCUT2D eigenvalue weighted by Gasteiger charge is -2.06. The molecule has 3 aromatic rings. The smallest absolute Gasteiger partial charge is 0.293 e. The number of nitro benzene ring substituents is 1. The molecule has 0 spiro atoms. The van der Waals surface area contributed by atoms with Crippen molar-refractivity contribution in [2.45, 2.75) is 13.3 Å². The van der Waals surface area contributed by atoms with Crippen molar-refractivity contribution in [3.05, 3.63) is 74.8 Å². The molecule has 27 heavy (non-hydrogen) atoms. The van der Waals surface area contributed by atoms with Crippen molar-refractivity contribution < 1.29 is 9.72 Å². The van der Waals surface area contributed by atoms with Crippen LogP contribution >= 0.6 is 11.3 Å². The van der Waals surface area contributed by atoms with Crippen LogP contribution < -0.4 is 10.6 Å². The van der Waals surface area contributed by atoms with E-state index in [4.69, 9.17) is 0 Å². The van der Waals surface area contributed by atoms with Gasteiger partial charge < -0.3 is 5.32 Å². The van der Waals surface area contributed by atoms with E-state index in [0.717, 1.165) is 10.6 Å². The van der Waals surface area contributed by atoms with Crippen LogP contribution in [0.1, 0.15) is 27.9 Å². The molecule has 3 rings (SSSR count). The molecule has 0 unspecified atom stereocenters. The molecule has 138 valence electrons. The largest absolute Gasteiger partial charge is 0.380 e. The molecule has 0 aliphatic rings. The van der Waals surface area contributed by atoms with Crippen LogP contribution in [0.5, 0.6) is 0 Å². The summed E-state index contributed by atoms with van der Waals surface area (Å²) in [5, 5.41) is 25.9. The zero-order valence-electron chi connectivity index (χ0n) is 14.5. The number of rotatable bonds is 7. The fourth-order valence-electron chi connectivity index (χ4n) is 2.48. The highest BCUT2D eigenvalue weighted by atomic mass is 32.1. The molecule has 0 aliphatic carbocycles. The Hall–Kier alpha value is -3.33. The fraction of sp³-hybridized carbons (Fsp3) is 0.167. The van der Waals surface area contributed by atoms with Crippen LogP contribution in [-0.4, -0.2) is 27.6 Å². The van der Waals surface area contributed by atoms with Gasteiger partial charge in [0.05, 0.1) is 4.92 Å². The molecule has 2 N–H and O–H groups in total. The minimum atomic E-state index is -0.516. The number of anilines is 2. The van der Waals surface area contributed by atoms with Crippen LogP contribution in [0.3, 0.4) is 0 Å². The molecule has 1 heterocycles. The number of benzene rings is 2. The van der Waals surface area contributed by atoms with E-state index in [1.54, 1.807) is 0 Å². The van der Waals surface area contributed by atoms with Gasteiger partial charge in [0.1, 0.15) is 10.7 Å². The SMILES string of the molecule is CCNc1ccc(C(=O)Nc2nnc(Cc3ccccc3)s2)cc1[N+](=O)[O-]. The van der Waals surface area contributed by atoms with Gasteiger partial charge in [-0.15, -0.1) is 10.2 Å². The van der Waals surface area contributed by atoms with Gasteiger partial charge in [-0.25, -0.2) is 0 Å². The van der Waals surface area contributed by atoms with Crippen molar-refractivity contribution >= 4 is 33.8 Å². The highest BCUT2D eigenvalue weighted by Crippen LogP contribution is 2.26. The normalized spacial score (nSPS) is 10.4. The maximum absolute atomic E-state index is 12.4. The van der Waals surface area contributed by atoms with Crippen LogP contribution in [0.25, 0.3) is 0 Å². The first-order valence-electron chi connectivity index (χ1n) is 8.26. The van der Waals surface area contributed by atoms with Crippen LogP contribution in [0.4, 0.5) is 16.5 Å². The number of nitrogens with zero attached hydrogens (tertiary/aromatic N) is 3. The summed E-state index contributed by atoms with van der Waals surface area (Å²) in [6, 6.07) is 14.1. The Morgan fingerprint density at radius 2 is 1.96 bits per heavy atom. The molecule has 8 nitrogen and oxygen atoms in total. The highest BCUT2D eigenvalue weighted by Gasteiger charge is 2.18. The van der Waals surface area contributed by atoms with Gasteiger partial charge in [-0.3, -0.25) is 20.2 Å². The summed E-state index contributed by atoms with van der Waals surface area (Å²) in [5.74, 6) is -0.469. The van der Waals surface area contributed by atoms with Crippen LogP contribution in [0.15, 0.2) is 48.5 Å². The standard InChI is InChI=1S/C18H17N5O3S/c1-2-19-14-9-8-13(11-15(14)23(25)26)17(24)20-18-22-21-16(27-18)10-12-6-4-3-5-7-12/h3-9,11,19H,2,10H2,1H3,(H,20,22,24). The number of carbonyl (C=O) groups is 1. The molecular weight excluding hydrogens is 366 g/mol. The third-order valence-electron chi connectivity index (χ3n) is 3.71. The lowest BCUT2D eigenvalue weighted by Crippen LogP contribution is -2.12. The second kappa shape index (κ2) is 8.37. The van der Waals surface area contributed by atoms with Crippen molar-refractivity contribution in [3.8, 4) is 0 Å². The van der Waals surface area contributed by atoms with Crippen molar-refractivity contribution in [3.63, 3.8) is 0 Å². The second-order valence-electron chi connectivity index (χ2n) is 5.64. The summed E-state index contributed by atoms with van der Waals surface area (Å²) in [4.78, 5) is 23.1. The molecule has 0 aliphatic heterocycles. The molecule has 0 fully saturated rings. The number of carbonyl (C=O) groups excluding carboxylic acids is 1. The van der Waals surface area contributed by atoms with E-state index in [-0.39, 0.29) is 11.3 Å². The van der Waals surface area contributed by atoms with E-state index in [0.29, 0.717) is 23.8 Å². The van der Waals surface area contributed by atoms with Gasteiger partial charge in [0.2, 0.25) is 5.13 Å². The number of hydrogen-bond acceptors (Lipinski definition) is 7. The van der Waals surface area contributed by atoms with Gasteiger partial charge in [0, 0.05) is 24.6 Å². The number of hydrogen-bond donors (Lipinski definition) is 2. The highest BCUT2D eigenvalue weighted by molar-refractivity contribution is 7.15. The van der Waals surface area contributed by atoms with E-state index >= 15 is 0 Å². The zero-order chi connectivity index (χ0) is 19.2. The zero-order valence-corrected chi connectivity index (χ0v) is 15.3. The Balaban J connectivity index is 1.72. The minimum absolute atomic E-state index is 0.147. The van der Waals surface area contributed by atoms with Crippen LogP contribution in [-0.2, 0) is 6.42 Å². The molecule has 1 aromatic heterocycles. The third kappa shape index (κ3) is 4.64. The van der Waals surface area contributed by atoms with Crippen LogP contribution in [0, 0.1) is 10.1 Å². The van der Waals surface area contributed by atoms with Gasteiger partial charge in [0.25, 0.3) is 11.6 Å². The molecule has 0 saturated carbocycles. The summed E-state index contributed by atoms with van der Waals surface area (Å²) < 4.78 is 0. The maximum atomic E-state index is 12.4. The molecule has 2 aromatic carbocycles. The second-order valence-corrected chi connectivity index (χ2v) is 6.70. The summed E-state index contributed by atoms with van der Waals surface area (Å²) in [7, 11) is 0. The predicted molar refractivity (Wildman–Crippen MR) is 104 cm³/mol. The first-order chi connectivity index (χ1) is 13.1. The van der Waals surface area contributed by atoms with Crippen molar-refractivity contribution in [2.24, 2.45) is 0 Å². The quantitative estimate of drug-likeness (QED) is 0.475. The number of nitro groups is 1. The molecule has 0 bridgehead atoms. The van der Waals surface area contributed by atoms with E-state index in [1.165, 1.54) is 29.5 Å². The molecule has 0 saturated heterocycles. The average molecular weight is 383 g/mol. The number of nitrogens with one attached hydrogen (secondary N) is 2. The monoisotopic (exact) mass is 383 g/mol. The van der Waals surface area contributed by atoms with E-state index in [1.807, 2.05) is 37.3 Å². The predicted octanol–water partition coefficient (Wildman–Crippen LogP) is 3.72. The number of aromatic nitrogens is 2. The lowest BCUT2D eigenvalue weighted by molar-refractivity contribution is -0.384. The Morgan fingerprint density at radius 1 is 1.19 bits per heavy atom. The first-order valence-corrected chi connectivity index (χ1v) is 9.08. The van der Waals surface area contributed by atoms with Gasteiger partial charge in [-0.2, -0.15) is 0 Å². The van der Waals surface area contributed by atoms with E-state index in [9.17, 15) is 14.9 Å². The summed E-state index contributed by atoms with van der Waals surface area (Å²) in [6.45, 7) is 2.38. The first kappa shape index (κ1) is 18.5. The average Bonchev–Trinajstić information content (AvgIpc) is 3.09. The van der Waals surface area contributed by atoms with Gasteiger partial charge in [-0.05, 0) is 24.6 Å². The van der Waals surface area contributed by atoms with Crippen molar-refractivity contribution in [2.75, 3.05) is 17.2 Å². The topological polar surface area (TPSA) is 110 Å². The molecule has 0 atom stereocenters. The lowest BCUT2D eigenvalue weighted by atomic mass is 10.1. The molecule has 1 amide bonds. The summed E-state index contributed by atoms with van der Waals surface area (Å²) >= 11 is 1.27. The maximum Gasteiger partial charge on any atom is 0.293 e. The number of amides is 1. The Bertz CT molecular complexity index is 959. The molecular formula is C18H17N5O3S. The van der Waals surface area contributed by atoms with Gasteiger partial charge in [-0.1, -0.05) is 41.7 Å². The Morgan fingerprint density at radius 3 is 2.67 bits per heavy atom. The summed E-state index contributed by atoms with van der Waals surface area (Å²) in [6.07, 6.45) is 0.622. The fourth-order valence-corrected chi connectivity index (χ4v) is 3.25.